The van der Waals surface area contributed by atoms with E-state index in [4.69, 9.17) is 14.7 Å². The summed E-state index contributed by atoms with van der Waals surface area (Å²) in [5.41, 5.74) is 1.63. The minimum absolute atomic E-state index is 0.0258. The first-order valence-electron chi connectivity index (χ1n) is 9.54. The highest BCUT2D eigenvalue weighted by molar-refractivity contribution is 5.81. The van der Waals surface area contributed by atoms with E-state index in [-0.39, 0.29) is 5.91 Å². The summed E-state index contributed by atoms with van der Waals surface area (Å²) >= 11 is 0. The number of benzene rings is 2. The largest absolute Gasteiger partial charge is 0.492 e. The number of nitrogens with zero attached hydrogens (tertiary/aromatic N) is 3. The summed E-state index contributed by atoms with van der Waals surface area (Å²) < 4.78 is 11.5. The van der Waals surface area contributed by atoms with Crippen LogP contribution in [0.2, 0.25) is 0 Å². The maximum absolute atomic E-state index is 12.7. The zero-order valence-corrected chi connectivity index (χ0v) is 16.3. The first kappa shape index (κ1) is 19.6. The summed E-state index contributed by atoms with van der Waals surface area (Å²) in [6, 6.07) is 16.9. The predicted octanol–water partition coefficient (Wildman–Crippen LogP) is 3.07. The van der Waals surface area contributed by atoms with Crippen LogP contribution in [0.25, 0.3) is 0 Å². The van der Waals surface area contributed by atoms with E-state index in [1.165, 1.54) is 0 Å². The van der Waals surface area contributed by atoms with E-state index in [2.05, 4.69) is 17.0 Å². The number of rotatable bonds is 6. The Kier molecular flexibility index (Phi) is 6.38. The Labute approximate surface area is 165 Å². The number of ether oxygens (including phenoxy) is 2. The van der Waals surface area contributed by atoms with Crippen molar-refractivity contribution < 1.29 is 14.3 Å². The molecule has 6 heteroatoms. The number of amides is 1. The molecule has 2 aromatic carbocycles. The molecule has 0 N–H and O–H groups in total. The lowest BCUT2D eigenvalue weighted by molar-refractivity contribution is -0.138. The van der Waals surface area contributed by atoms with Crippen molar-refractivity contribution >= 4 is 11.6 Å². The molecule has 1 saturated heterocycles. The average molecular weight is 379 g/mol. The quantitative estimate of drug-likeness (QED) is 0.772. The van der Waals surface area contributed by atoms with Crippen LogP contribution in [0.5, 0.6) is 11.5 Å². The standard InChI is InChI=1S/C22H25N3O3/c1-3-27-21-7-5-4-6-20(21)24-12-14-25(15-13-24)22(26)17(2)28-19-10-8-18(16-23)9-11-19/h4-11,17H,3,12-15H2,1-2H3/t17-/m0/s1. The van der Waals surface area contributed by atoms with Crippen molar-refractivity contribution in [2.45, 2.75) is 20.0 Å². The molecule has 28 heavy (non-hydrogen) atoms. The van der Waals surface area contributed by atoms with Gasteiger partial charge in [0.1, 0.15) is 11.5 Å². The van der Waals surface area contributed by atoms with Crippen LogP contribution in [0.3, 0.4) is 0 Å². The fraction of sp³-hybridized carbons (Fsp3) is 0.364. The second-order valence-electron chi connectivity index (χ2n) is 6.61. The average Bonchev–Trinajstić information content (AvgIpc) is 2.74. The monoisotopic (exact) mass is 379 g/mol. The van der Waals surface area contributed by atoms with Crippen LogP contribution in [0.15, 0.2) is 48.5 Å². The van der Waals surface area contributed by atoms with Gasteiger partial charge in [0.25, 0.3) is 5.91 Å². The molecule has 0 aliphatic carbocycles. The molecule has 0 saturated carbocycles. The van der Waals surface area contributed by atoms with E-state index < -0.39 is 6.10 Å². The molecule has 1 aliphatic rings. The lowest BCUT2D eigenvalue weighted by atomic mass is 10.2. The van der Waals surface area contributed by atoms with Crippen molar-refractivity contribution in [1.29, 1.82) is 5.26 Å². The molecule has 2 aromatic rings. The molecule has 146 valence electrons. The molecule has 1 heterocycles. The highest BCUT2D eigenvalue weighted by Crippen LogP contribution is 2.29. The van der Waals surface area contributed by atoms with Gasteiger partial charge in [0.15, 0.2) is 6.10 Å². The Morgan fingerprint density at radius 2 is 1.79 bits per heavy atom. The SMILES string of the molecule is CCOc1ccccc1N1CCN(C(=O)[C@H](C)Oc2ccc(C#N)cc2)CC1. The van der Waals surface area contributed by atoms with Crippen molar-refractivity contribution in [1.82, 2.24) is 4.90 Å². The Morgan fingerprint density at radius 1 is 1.11 bits per heavy atom. The fourth-order valence-corrected chi connectivity index (χ4v) is 3.28. The Balaban J connectivity index is 1.56. The van der Waals surface area contributed by atoms with E-state index in [1.807, 2.05) is 30.0 Å². The van der Waals surface area contributed by atoms with Crippen molar-refractivity contribution in [3.05, 3.63) is 54.1 Å². The van der Waals surface area contributed by atoms with E-state index in [0.29, 0.717) is 31.0 Å². The van der Waals surface area contributed by atoms with Gasteiger partial charge in [0, 0.05) is 26.2 Å². The summed E-state index contributed by atoms with van der Waals surface area (Å²) in [5, 5.41) is 8.86. The van der Waals surface area contributed by atoms with Gasteiger partial charge in [-0.05, 0) is 50.2 Å². The number of piperazine rings is 1. The van der Waals surface area contributed by atoms with Crippen LogP contribution in [-0.2, 0) is 4.79 Å². The molecular formula is C22H25N3O3. The lowest BCUT2D eigenvalue weighted by Gasteiger charge is -2.37. The molecule has 6 nitrogen and oxygen atoms in total. The van der Waals surface area contributed by atoms with Gasteiger partial charge in [-0.15, -0.1) is 0 Å². The maximum atomic E-state index is 12.7. The van der Waals surface area contributed by atoms with Crippen molar-refractivity contribution in [3.63, 3.8) is 0 Å². The minimum Gasteiger partial charge on any atom is -0.492 e. The second-order valence-corrected chi connectivity index (χ2v) is 6.61. The Morgan fingerprint density at radius 3 is 2.43 bits per heavy atom. The summed E-state index contributed by atoms with van der Waals surface area (Å²) in [6.45, 7) is 7.14. The number of anilines is 1. The van der Waals surface area contributed by atoms with Gasteiger partial charge in [-0.1, -0.05) is 12.1 Å². The summed E-state index contributed by atoms with van der Waals surface area (Å²) in [5.74, 6) is 1.44. The molecule has 0 radical (unpaired) electrons. The van der Waals surface area contributed by atoms with Crippen molar-refractivity contribution in [2.24, 2.45) is 0 Å². The van der Waals surface area contributed by atoms with Crippen LogP contribution in [0.1, 0.15) is 19.4 Å². The van der Waals surface area contributed by atoms with Gasteiger partial charge in [-0.3, -0.25) is 4.79 Å². The Hall–Kier alpha value is -3.20. The third-order valence-corrected chi connectivity index (χ3v) is 4.74. The smallest absolute Gasteiger partial charge is 0.263 e. The highest BCUT2D eigenvalue weighted by atomic mass is 16.5. The first-order valence-corrected chi connectivity index (χ1v) is 9.54. The van der Waals surface area contributed by atoms with E-state index >= 15 is 0 Å². The normalized spacial score (nSPS) is 14.9. The number of para-hydroxylation sites is 2. The molecule has 1 amide bonds. The van der Waals surface area contributed by atoms with Crippen LogP contribution < -0.4 is 14.4 Å². The van der Waals surface area contributed by atoms with E-state index in [9.17, 15) is 4.79 Å². The highest BCUT2D eigenvalue weighted by Gasteiger charge is 2.27. The topological polar surface area (TPSA) is 65.8 Å². The zero-order chi connectivity index (χ0) is 19.9. The van der Waals surface area contributed by atoms with Crippen molar-refractivity contribution in [3.8, 4) is 17.6 Å². The maximum Gasteiger partial charge on any atom is 0.263 e. The minimum atomic E-state index is -0.574. The van der Waals surface area contributed by atoms with Crippen molar-refractivity contribution in [2.75, 3.05) is 37.7 Å². The fourth-order valence-electron chi connectivity index (χ4n) is 3.28. The summed E-state index contributed by atoms with van der Waals surface area (Å²) in [6.07, 6.45) is -0.574. The van der Waals surface area contributed by atoms with Gasteiger partial charge in [0.05, 0.1) is 23.9 Å². The molecule has 1 fully saturated rings. The van der Waals surface area contributed by atoms with Crippen LogP contribution in [0.4, 0.5) is 5.69 Å². The molecule has 1 aliphatic heterocycles. The van der Waals surface area contributed by atoms with Crippen LogP contribution in [0, 0.1) is 11.3 Å². The molecule has 0 unspecified atom stereocenters. The van der Waals surface area contributed by atoms with Crippen LogP contribution in [-0.4, -0.2) is 49.7 Å². The molecule has 3 rings (SSSR count). The van der Waals surface area contributed by atoms with Crippen LogP contribution >= 0.6 is 0 Å². The Bertz CT molecular complexity index is 837. The summed E-state index contributed by atoms with van der Waals surface area (Å²) in [4.78, 5) is 16.8. The first-order chi connectivity index (χ1) is 13.6. The molecular weight excluding hydrogens is 354 g/mol. The van der Waals surface area contributed by atoms with E-state index in [0.717, 1.165) is 24.5 Å². The number of hydrogen-bond donors (Lipinski definition) is 0. The molecule has 1 atom stereocenters. The van der Waals surface area contributed by atoms with Gasteiger partial charge < -0.3 is 19.3 Å². The van der Waals surface area contributed by atoms with E-state index in [1.54, 1.807) is 31.2 Å². The molecule has 0 spiro atoms. The van der Waals surface area contributed by atoms with Gasteiger partial charge in [0.2, 0.25) is 0 Å². The number of carbonyl (C=O) groups is 1. The third kappa shape index (κ3) is 4.55. The zero-order valence-electron chi connectivity index (χ0n) is 16.3. The predicted molar refractivity (Wildman–Crippen MR) is 108 cm³/mol. The van der Waals surface area contributed by atoms with Gasteiger partial charge in [-0.2, -0.15) is 5.26 Å². The molecule has 0 bridgehead atoms. The third-order valence-electron chi connectivity index (χ3n) is 4.74. The molecule has 0 aromatic heterocycles. The lowest BCUT2D eigenvalue weighted by Crippen LogP contribution is -2.52. The second kappa shape index (κ2) is 9.14. The number of hydrogen-bond acceptors (Lipinski definition) is 5. The summed E-state index contributed by atoms with van der Waals surface area (Å²) in [7, 11) is 0. The van der Waals surface area contributed by atoms with Gasteiger partial charge in [-0.25, -0.2) is 0 Å². The van der Waals surface area contributed by atoms with Gasteiger partial charge >= 0.3 is 0 Å². The number of carbonyl (C=O) groups excluding carboxylic acids is 1. The number of nitriles is 1.